The molecule has 7 atom stereocenters. The number of anilines is 2. The van der Waals surface area contributed by atoms with E-state index in [1.807, 2.05) is 86.6 Å². The maximum atomic E-state index is 14.0. The van der Waals surface area contributed by atoms with Gasteiger partial charge in [-0.1, -0.05) is 64.9 Å². The van der Waals surface area contributed by atoms with Gasteiger partial charge in [-0.25, -0.2) is 0 Å². The Morgan fingerprint density at radius 3 is 2.31 bits per heavy atom. The van der Waals surface area contributed by atoms with Gasteiger partial charge in [0, 0.05) is 27.3 Å². The van der Waals surface area contributed by atoms with Gasteiger partial charge in [0.15, 0.2) is 6.61 Å². The van der Waals surface area contributed by atoms with Crippen LogP contribution in [-0.4, -0.2) is 34.6 Å². The molecule has 3 amide bonds. The predicted molar refractivity (Wildman–Crippen MR) is 174 cm³/mol. The molecule has 1 saturated heterocycles. The number of nitrogens with one attached hydrogen (secondary N) is 2. The van der Waals surface area contributed by atoms with Crippen molar-refractivity contribution in [3.8, 4) is 5.75 Å². The summed E-state index contributed by atoms with van der Waals surface area (Å²) in [5.74, 6) is -0.841. The standard InChI is InChI=1S/C35H31N3O5S2/c1-17-7-11-19(12-8-17)36-25(39)16-43-24-6-4-3-5-21(24)26-27-22-15-23(30(27)44-32-31(26)45-35(42)37-32)29-28(22)33(40)38(34(29)41)20-13-9-18(2)10-14-20/h3-14,22-23,26-30H,15-16H2,1-2H3,(H,36,39)(H,37,42)/t22-,23-,26+,27-,28+,29+,30-/m1/s1. The molecule has 2 saturated carbocycles. The summed E-state index contributed by atoms with van der Waals surface area (Å²) >= 11 is 2.86. The number of aromatic amines is 1. The molecule has 2 aliphatic carbocycles. The highest BCUT2D eigenvalue weighted by atomic mass is 32.2. The molecule has 2 bridgehead atoms. The molecular weight excluding hydrogens is 607 g/mol. The molecule has 3 fully saturated rings. The van der Waals surface area contributed by atoms with Crippen LogP contribution in [0.25, 0.3) is 0 Å². The minimum Gasteiger partial charge on any atom is -0.483 e. The summed E-state index contributed by atoms with van der Waals surface area (Å²) < 4.78 is 6.18. The van der Waals surface area contributed by atoms with Crippen LogP contribution in [0.4, 0.5) is 11.4 Å². The summed E-state index contributed by atoms with van der Waals surface area (Å²) in [5.41, 5.74) is 4.39. The average Bonchev–Trinajstić information content (AvgIpc) is 3.77. The SMILES string of the molecule is Cc1ccc(NC(=O)COc2ccccc2[C@@H]2c3sc(=O)[nH]c3S[C@@H]3[C@@H]4C[C@@H]([C@@H]5C(=O)N(c6ccc(C)cc6)C(=O)[C@@H]45)[C@H]23)cc1. The number of carbonyl (C=O) groups is 3. The number of fused-ring (bicyclic) bond motifs is 9. The fourth-order valence-corrected chi connectivity index (χ4v) is 11.0. The van der Waals surface area contributed by atoms with Crippen molar-refractivity contribution < 1.29 is 19.1 Å². The highest BCUT2D eigenvalue weighted by molar-refractivity contribution is 8.00. The summed E-state index contributed by atoms with van der Waals surface area (Å²) in [7, 11) is 0. The maximum Gasteiger partial charge on any atom is 0.305 e. The van der Waals surface area contributed by atoms with Gasteiger partial charge in [0.05, 0.1) is 22.5 Å². The zero-order valence-electron chi connectivity index (χ0n) is 24.7. The number of hydrogen-bond acceptors (Lipinski definition) is 7. The van der Waals surface area contributed by atoms with Crippen molar-refractivity contribution in [2.45, 2.75) is 36.5 Å². The molecule has 4 aromatic rings. The first kappa shape index (κ1) is 28.3. The lowest BCUT2D eigenvalue weighted by atomic mass is 9.68. The molecule has 1 aromatic heterocycles. The number of H-pyrrole nitrogens is 1. The van der Waals surface area contributed by atoms with E-state index in [1.54, 1.807) is 11.8 Å². The van der Waals surface area contributed by atoms with Crippen molar-refractivity contribution >= 4 is 52.2 Å². The molecule has 2 aliphatic heterocycles. The molecule has 8 rings (SSSR count). The normalized spacial score (nSPS) is 27.7. The van der Waals surface area contributed by atoms with Crippen LogP contribution in [0, 0.1) is 43.4 Å². The zero-order chi connectivity index (χ0) is 31.0. The van der Waals surface area contributed by atoms with Gasteiger partial charge >= 0.3 is 4.87 Å². The Morgan fingerprint density at radius 2 is 1.58 bits per heavy atom. The number of para-hydroxylation sites is 1. The first-order valence-corrected chi connectivity index (χ1v) is 16.9. The molecule has 10 heteroatoms. The summed E-state index contributed by atoms with van der Waals surface area (Å²) in [5, 5.41) is 3.78. The van der Waals surface area contributed by atoms with Crippen molar-refractivity contribution in [1.29, 1.82) is 0 Å². The number of rotatable bonds is 6. The summed E-state index contributed by atoms with van der Waals surface area (Å²) in [6.07, 6.45) is 0.800. The van der Waals surface area contributed by atoms with Gasteiger partial charge in [-0.05, 0) is 68.4 Å². The van der Waals surface area contributed by atoms with Crippen LogP contribution in [0.1, 0.15) is 33.9 Å². The van der Waals surface area contributed by atoms with E-state index in [-0.39, 0.29) is 64.0 Å². The zero-order valence-corrected chi connectivity index (χ0v) is 26.3. The number of ether oxygens (including phenoxy) is 1. The third-order valence-corrected chi connectivity index (χ3v) is 12.6. The monoisotopic (exact) mass is 637 g/mol. The molecule has 4 aliphatic rings. The second kappa shape index (κ2) is 10.7. The van der Waals surface area contributed by atoms with E-state index in [0.717, 1.165) is 33.0 Å². The minimum absolute atomic E-state index is 0.0161. The smallest absolute Gasteiger partial charge is 0.305 e. The average molecular weight is 638 g/mol. The van der Waals surface area contributed by atoms with Crippen LogP contribution in [0.3, 0.4) is 0 Å². The number of thioether (sulfide) groups is 1. The Labute approximate surface area is 268 Å². The molecular formula is C35H31N3O5S2. The molecule has 0 spiro atoms. The lowest BCUT2D eigenvalue weighted by Crippen LogP contribution is -2.42. The quantitative estimate of drug-likeness (QED) is 0.261. The molecule has 2 N–H and O–H groups in total. The number of thiazole rings is 1. The maximum absolute atomic E-state index is 14.0. The third-order valence-electron chi connectivity index (χ3n) is 9.96. The molecule has 3 aromatic carbocycles. The van der Waals surface area contributed by atoms with E-state index < -0.39 is 5.92 Å². The van der Waals surface area contributed by atoms with Gasteiger partial charge in [0.25, 0.3) is 5.91 Å². The molecule has 0 unspecified atom stereocenters. The Morgan fingerprint density at radius 1 is 0.911 bits per heavy atom. The van der Waals surface area contributed by atoms with Gasteiger partial charge in [0.1, 0.15) is 5.75 Å². The van der Waals surface area contributed by atoms with Crippen LogP contribution in [0.15, 0.2) is 82.6 Å². The lowest BCUT2D eigenvalue weighted by molar-refractivity contribution is -0.123. The highest BCUT2D eigenvalue weighted by Crippen LogP contribution is 2.69. The van der Waals surface area contributed by atoms with Crippen molar-refractivity contribution in [2.75, 3.05) is 16.8 Å². The Kier molecular flexibility index (Phi) is 6.76. The van der Waals surface area contributed by atoms with Crippen LogP contribution in [-0.2, 0) is 14.4 Å². The third kappa shape index (κ3) is 4.56. The Hall–Kier alpha value is -4.15. The Balaban J connectivity index is 1.12. The van der Waals surface area contributed by atoms with Gasteiger partial charge < -0.3 is 15.0 Å². The minimum atomic E-state index is -0.390. The van der Waals surface area contributed by atoms with Gasteiger partial charge in [0.2, 0.25) is 11.8 Å². The number of hydrogen-bond donors (Lipinski definition) is 2. The number of amides is 3. The summed E-state index contributed by atoms with van der Waals surface area (Å²) in [4.78, 5) is 58.7. The topological polar surface area (TPSA) is 109 Å². The first-order valence-electron chi connectivity index (χ1n) is 15.2. The van der Waals surface area contributed by atoms with E-state index >= 15 is 0 Å². The molecule has 45 heavy (non-hydrogen) atoms. The van der Waals surface area contributed by atoms with E-state index in [4.69, 9.17) is 4.74 Å². The van der Waals surface area contributed by atoms with E-state index in [2.05, 4.69) is 10.3 Å². The molecule has 3 heterocycles. The van der Waals surface area contributed by atoms with Crippen LogP contribution < -0.4 is 19.8 Å². The molecule has 228 valence electrons. The first-order chi connectivity index (χ1) is 21.8. The second-order valence-electron chi connectivity index (χ2n) is 12.5. The summed E-state index contributed by atoms with van der Waals surface area (Å²) in [6, 6.07) is 22.8. The fraction of sp³-hybridized carbons (Fsp3) is 0.314. The number of benzene rings is 3. The van der Waals surface area contributed by atoms with E-state index in [1.165, 1.54) is 16.2 Å². The fourth-order valence-electron chi connectivity index (χ4n) is 8.16. The highest BCUT2D eigenvalue weighted by Gasteiger charge is 2.69. The van der Waals surface area contributed by atoms with E-state index in [0.29, 0.717) is 17.1 Å². The number of aryl methyl sites for hydroxylation is 2. The van der Waals surface area contributed by atoms with Crippen molar-refractivity contribution in [3.63, 3.8) is 0 Å². The lowest BCUT2D eigenvalue weighted by Gasteiger charge is -2.43. The molecule has 0 radical (unpaired) electrons. The largest absolute Gasteiger partial charge is 0.483 e. The van der Waals surface area contributed by atoms with Gasteiger partial charge in [-0.2, -0.15) is 0 Å². The number of nitrogens with zero attached hydrogens (tertiary/aromatic N) is 1. The van der Waals surface area contributed by atoms with Gasteiger partial charge in [-0.15, -0.1) is 11.8 Å². The second-order valence-corrected chi connectivity index (χ2v) is 14.8. The molecule has 8 nitrogen and oxygen atoms in total. The van der Waals surface area contributed by atoms with Crippen LogP contribution >= 0.6 is 23.1 Å². The number of carbonyl (C=O) groups excluding carboxylic acids is 3. The number of imide groups is 1. The number of aromatic nitrogens is 1. The van der Waals surface area contributed by atoms with Gasteiger partial charge in [-0.3, -0.25) is 24.1 Å². The Bertz CT molecular complexity index is 1900. The van der Waals surface area contributed by atoms with Crippen molar-refractivity contribution in [2.24, 2.45) is 29.6 Å². The summed E-state index contributed by atoms with van der Waals surface area (Å²) in [6.45, 7) is 3.80. The van der Waals surface area contributed by atoms with Crippen molar-refractivity contribution in [3.05, 3.63) is 104 Å². The van der Waals surface area contributed by atoms with Crippen molar-refractivity contribution in [1.82, 2.24) is 4.98 Å². The van der Waals surface area contributed by atoms with E-state index in [9.17, 15) is 19.2 Å². The predicted octanol–water partition coefficient (Wildman–Crippen LogP) is 5.75. The van der Waals surface area contributed by atoms with Crippen LogP contribution in [0.5, 0.6) is 5.75 Å². The van der Waals surface area contributed by atoms with Crippen LogP contribution in [0.2, 0.25) is 0 Å².